The van der Waals surface area contributed by atoms with Crippen molar-refractivity contribution in [1.82, 2.24) is 9.97 Å². The number of aryl methyl sites for hydroxylation is 1. The van der Waals surface area contributed by atoms with Crippen molar-refractivity contribution in [1.29, 1.82) is 0 Å². The van der Waals surface area contributed by atoms with E-state index in [-0.39, 0.29) is 11.1 Å². The minimum atomic E-state index is -0.412. The topological polar surface area (TPSA) is 93.0 Å². The van der Waals surface area contributed by atoms with Gasteiger partial charge >= 0.3 is 5.69 Å². The molecule has 0 spiro atoms. The summed E-state index contributed by atoms with van der Waals surface area (Å²) in [6, 6.07) is 0. The van der Waals surface area contributed by atoms with Crippen LogP contribution in [0.3, 0.4) is 0 Å². The maximum absolute atomic E-state index is 11.3. The molecule has 2 N–H and O–H groups in total. The van der Waals surface area contributed by atoms with E-state index in [9.17, 15) is 10.1 Å². The number of nitrogens with zero attached hydrogens (tertiary/aromatic N) is 3. The number of nitrogens with one attached hydrogen (secondary N) is 2. The highest BCUT2D eigenvalue weighted by Crippen LogP contribution is 2.41. The molecule has 7 nitrogen and oxygen atoms in total. The van der Waals surface area contributed by atoms with Crippen molar-refractivity contribution in [2.75, 3.05) is 24.2 Å². The molecule has 1 fully saturated rings. The van der Waals surface area contributed by atoms with E-state index in [2.05, 4.69) is 27.5 Å². The van der Waals surface area contributed by atoms with Crippen molar-refractivity contribution >= 4 is 17.5 Å². The lowest BCUT2D eigenvalue weighted by atomic mass is 9.83. The number of aromatic nitrogens is 2. The Bertz CT molecular complexity index is 526. The van der Waals surface area contributed by atoms with Gasteiger partial charge in [-0.1, -0.05) is 19.8 Å². The van der Waals surface area contributed by atoms with Crippen molar-refractivity contribution in [2.45, 2.75) is 46.0 Å². The second-order valence-corrected chi connectivity index (χ2v) is 5.75. The molecule has 0 aromatic carbocycles. The van der Waals surface area contributed by atoms with Crippen molar-refractivity contribution in [3.8, 4) is 0 Å². The van der Waals surface area contributed by atoms with Gasteiger partial charge in [0.2, 0.25) is 11.8 Å². The third kappa shape index (κ3) is 3.22. The molecule has 1 aliphatic carbocycles. The normalized spacial score (nSPS) is 16.7. The Morgan fingerprint density at radius 1 is 1.33 bits per heavy atom. The van der Waals surface area contributed by atoms with Crippen LogP contribution in [0.15, 0.2) is 0 Å². The van der Waals surface area contributed by atoms with Gasteiger partial charge in [-0.15, -0.1) is 0 Å². The Morgan fingerprint density at radius 3 is 2.52 bits per heavy atom. The van der Waals surface area contributed by atoms with Crippen LogP contribution in [0.25, 0.3) is 0 Å². The predicted molar refractivity (Wildman–Crippen MR) is 82.7 cm³/mol. The molecule has 1 aliphatic rings. The number of hydrogen-bond acceptors (Lipinski definition) is 6. The lowest BCUT2D eigenvalue weighted by molar-refractivity contribution is -0.385. The highest BCUT2D eigenvalue weighted by atomic mass is 16.6. The van der Waals surface area contributed by atoms with Crippen LogP contribution in [-0.4, -0.2) is 28.5 Å². The summed E-state index contributed by atoms with van der Waals surface area (Å²) in [6.45, 7) is 4.55. The molecule has 0 atom stereocenters. The monoisotopic (exact) mass is 293 g/mol. The maximum Gasteiger partial charge on any atom is 0.332 e. The van der Waals surface area contributed by atoms with Gasteiger partial charge in [0, 0.05) is 13.6 Å². The van der Waals surface area contributed by atoms with Crippen molar-refractivity contribution < 1.29 is 4.92 Å². The van der Waals surface area contributed by atoms with E-state index >= 15 is 0 Å². The highest BCUT2D eigenvalue weighted by Gasteiger charge is 2.33. The van der Waals surface area contributed by atoms with E-state index in [1.54, 1.807) is 14.0 Å². The van der Waals surface area contributed by atoms with Crippen molar-refractivity contribution in [2.24, 2.45) is 5.41 Å². The fourth-order valence-corrected chi connectivity index (χ4v) is 3.07. The lowest BCUT2D eigenvalue weighted by Gasteiger charge is -2.27. The smallest absolute Gasteiger partial charge is 0.332 e. The third-order valence-corrected chi connectivity index (χ3v) is 4.51. The first-order valence-corrected chi connectivity index (χ1v) is 7.46. The average Bonchev–Trinajstić information content (AvgIpc) is 2.93. The zero-order valence-electron chi connectivity index (χ0n) is 12.9. The molecule has 0 unspecified atom stereocenters. The number of anilines is 2. The second kappa shape index (κ2) is 6.24. The minimum Gasteiger partial charge on any atom is -0.364 e. The number of rotatable bonds is 6. The first kappa shape index (κ1) is 15.5. The second-order valence-electron chi connectivity index (χ2n) is 5.75. The first-order valence-electron chi connectivity index (χ1n) is 7.46. The van der Waals surface area contributed by atoms with Crippen LogP contribution in [0.1, 0.15) is 44.7 Å². The fraction of sp³-hybridized carbons (Fsp3) is 0.714. The molecule has 0 bridgehead atoms. The van der Waals surface area contributed by atoms with Gasteiger partial charge in [0.1, 0.15) is 5.69 Å². The van der Waals surface area contributed by atoms with Gasteiger partial charge in [-0.05, 0) is 31.6 Å². The highest BCUT2D eigenvalue weighted by molar-refractivity contribution is 5.60. The molecule has 21 heavy (non-hydrogen) atoms. The summed E-state index contributed by atoms with van der Waals surface area (Å²) in [4.78, 5) is 19.2. The Hall–Kier alpha value is -1.92. The third-order valence-electron chi connectivity index (χ3n) is 4.51. The van der Waals surface area contributed by atoms with Crippen LogP contribution in [-0.2, 0) is 0 Å². The standard InChI is InChI=1S/C14H23N5O2/c1-4-14(7-5-6-8-14)9-16-12-11(19(20)21)10(2)17-13(15-3)18-12/h4-9H2,1-3H3,(H2,15,16,17,18). The zero-order valence-corrected chi connectivity index (χ0v) is 12.9. The number of hydrogen-bond donors (Lipinski definition) is 2. The summed E-state index contributed by atoms with van der Waals surface area (Å²) in [5.41, 5.74) is 0.587. The summed E-state index contributed by atoms with van der Waals surface area (Å²) >= 11 is 0. The molecule has 116 valence electrons. The molecule has 0 saturated heterocycles. The van der Waals surface area contributed by atoms with Gasteiger partial charge in [-0.2, -0.15) is 4.98 Å². The van der Waals surface area contributed by atoms with E-state index in [0.717, 1.165) is 13.0 Å². The van der Waals surface area contributed by atoms with Crippen LogP contribution in [0, 0.1) is 22.5 Å². The van der Waals surface area contributed by atoms with E-state index in [4.69, 9.17) is 0 Å². The predicted octanol–water partition coefficient (Wildman–Crippen LogP) is 3.12. The van der Waals surface area contributed by atoms with E-state index in [0.29, 0.717) is 17.5 Å². The van der Waals surface area contributed by atoms with Gasteiger partial charge in [-0.3, -0.25) is 10.1 Å². The molecule has 1 aromatic heterocycles. The van der Waals surface area contributed by atoms with Crippen LogP contribution in [0.5, 0.6) is 0 Å². The zero-order chi connectivity index (χ0) is 15.5. The van der Waals surface area contributed by atoms with Gasteiger partial charge < -0.3 is 10.6 Å². The Labute approximate surface area is 124 Å². The van der Waals surface area contributed by atoms with Gasteiger partial charge in [0.15, 0.2) is 0 Å². The van der Waals surface area contributed by atoms with Crippen LogP contribution in [0.4, 0.5) is 17.5 Å². The van der Waals surface area contributed by atoms with Crippen LogP contribution in [0.2, 0.25) is 0 Å². The lowest BCUT2D eigenvalue weighted by Crippen LogP contribution is -2.26. The number of nitro groups is 1. The molecule has 7 heteroatoms. The molecule has 0 amide bonds. The van der Waals surface area contributed by atoms with Crippen LogP contribution >= 0.6 is 0 Å². The summed E-state index contributed by atoms with van der Waals surface area (Å²) in [5, 5.41) is 17.3. The molecule has 1 aromatic rings. The molecule has 2 rings (SSSR count). The molecule has 1 heterocycles. The van der Waals surface area contributed by atoms with Crippen LogP contribution < -0.4 is 10.6 Å². The van der Waals surface area contributed by atoms with Gasteiger partial charge in [-0.25, -0.2) is 4.98 Å². The summed E-state index contributed by atoms with van der Waals surface area (Å²) in [7, 11) is 1.70. The van der Waals surface area contributed by atoms with Gasteiger partial charge in [0.25, 0.3) is 0 Å². The van der Waals surface area contributed by atoms with E-state index < -0.39 is 4.92 Å². The molecular weight excluding hydrogens is 270 g/mol. The fourth-order valence-electron chi connectivity index (χ4n) is 3.07. The van der Waals surface area contributed by atoms with Gasteiger partial charge in [0.05, 0.1) is 4.92 Å². The van der Waals surface area contributed by atoms with Crippen molar-refractivity contribution in [3.05, 3.63) is 15.8 Å². The Balaban J connectivity index is 2.25. The maximum atomic E-state index is 11.3. The summed E-state index contributed by atoms with van der Waals surface area (Å²) in [5.74, 6) is 0.717. The quantitative estimate of drug-likeness (QED) is 0.618. The molecular formula is C14H23N5O2. The first-order chi connectivity index (χ1) is 10.0. The average molecular weight is 293 g/mol. The summed E-state index contributed by atoms with van der Waals surface area (Å²) in [6.07, 6.45) is 5.90. The molecule has 0 radical (unpaired) electrons. The largest absolute Gasteiger partial charge is 0.364 e. The van der Waals surface area contributed by atoms with E-state index in [1.807, 2.05) is 0 Å². The molecule has 0 aliphatic heterocycles. The summed E-state index contributed by atoms with van der Waals surface area (Å²) < 4.78 is 0. The SMILES string of the molecule is CCC1(CNc2nc(NC)nc(C)c2[N+](=O)[O-])CCCC1. The minimum absolute atomic E-state index is 0.0294. The molecule has 1 saturated carbocycles. The van der Waals surface area contributed by atoms with Crippen molar-refractivity contribution in [3.63, 3.8) is 0 Å². The van der Waals surface area contributed by atoms with E-state index in [1.165, 1.54) is 25.7 Å². The Morgan fingerprint density at radius 2 is 2.00 bits per heavy atom. The Kier molecular flexibility index (Phi) is 4.59.